The topological polar surface area (TPSA) is 26.3 Å². The van der Waals surface area contributed by atoms with E-state index in [0.717, 1.165) is 17.1 Å². The number of benzene rings is 4. The van der Waals surface area contributed by atoms with Crippen LogP contribution in [-0.4, -0.2) is 13.4 Å². The molecule has 4 aromatic carbocycles. The van der Waals surface area contributed by atoms with Crippen molar-refractivity contribution >= 4 is 38.6 Å². The fourth-order valence-corrected chi connectivity index (χ4v) is 3.12. The molecule has 2 nitrogen and oxygen atoms in total. The Morgan fingerprint density at radius 2 is 1.60 bits per heavy atom. The first-order chi connectivity index (χ1) is 9.83. The van der Waals surface area contributed by atoms with E-state index < -0.39 is 0 Å². The largest absolute Gasteiger partial charge is 0.495 e. The molecule has 0 unspecified atom stereocenters. The molecule has 0 saturated heterocycles. The van der Waals surface area contributed by atoms with Crippen molar-refractivity contribution < 1.29 is 9.53 Å². The number of carbonyl (C=O) groups excluding carboxylic acids is 1. The van der Waals surface area contributed by atoms with Crippen LogP contribution in [0.15, 0.2) is 48.5 Å². The average molecular weight is 260 g/mol. The molecule has 0 heterocycles. The van der Waals surface area contributed by atoms with Crippen molar-refractivity contribution in [2.24, 2.45) is 0 Å². The Kier molecular flexibility index (Phi) is 2.21. The number of methoxy groups -OCH3 is 1. The molecule has 20 heavy (non-hydrogen) atoms. The summed E-state index contributed by atoms with van der Waals surface area (Å²) in [6, 6.07) is 16.5. The minimum absolute atomic E-state index is 0.596. The van der Waals surface area contributed by atoms with Crippen molar-refractivity contribution in [3.05, 3.63) is 54.1 Å². The second-order valence-electron chi connectivity index (χ2n) is 4.97. The van der Waals surface area contributed by atoms with Crippen LogP contribution in [0.25, 0.3) is 32.3 Å². The zero-order valence-corrected chi connectivity index (χ0v) is 11.0. The van der Waals surface area contributed by atoms with E-state index in [1.165, 1.54) is 21.5 Å². The van der Waals surface area contributed by atoms with Crippen molar-refractivity contribution in [3.8, 4) is 5.75 Å². The number of carbonyl (C=O) groups is 1. The Hall–Kier alpha value is -2.61. The first-order valence-electron chi connectivity index (χ1n) is 6.53. The van der Waals surface area contributed by atoms with Crippen molar-refractivity contribution in [2.75, 3.05) is 7.11 Å². The second-order valence-corrected chi connectivity index (χ2v) is 4.97. The van der Waals surface area contributed by atoms with Gasteiger partial charge in [-0.2, -0.15) is 0 Å². The second kappa shape index (κ2) is 3.94. The van der Waals surface area contributed by atoms with Gasteiger partial charge in [0.2, 0.25) is 0 Å². The van der Waals surface area contributed by atoms with Crippen LogP contribution >= 0.6 is 0 Å². The third-order valence-electron chi connectivity index (χ3n) is 3.96. The zero-order valence-electron chi connectivity index (χ0n) is 11.0. The smallest absolute Gasteiger partial charge is 0.153 e. The summed E-state index contributed by atoms with van der Waals surface area (Å²) in [5.41, 5.74) is 0.596. The molecule has 2 heteroatoms. The molecule has 0 spiro atoms. The molecule has 0 radical (unpaired) electrons. The summed E-state index contributed by atoms with van der Waals surface area (Å²) >= 11 is 0. The predicted octanol–water partition coefficient (Wildman–Crippen LogP) is 4.41. The van der Waals surface area contributed by atoms with Crippen LogP contribution in [0, 0.1) is 0 Å². The molecule has 0 amide bonds. The van der Waals surface area contributed by atoms with Gasteiger partial charge in [0.05, 0.1) is 12.7 Å². The van der Waals surface area contributed by atoms with Crippen LogP contribution in [0.3, 0.4) is 0 Å². The predicted molar refractivity (Wildman–Crippen MR) is 82.1 cm³/mol. The van der Waals surface area contributed by atoms with Crippen LogP contribution in [0.5, 0.6) is 5.75 Å². The van der Waals surface area contributed by atoms with Crippen LogP contribution in [0.1, 0.15) is 10.4 Å². The molecule has 0 saturated carbocycles. The first kappa shape index (κ1) is 11.2. The highest BCUT2D eigenvalue weighted by Crippen LogP contribution is 2.39. The third-order valence-corrected chi connectivity index (χ3v) is 3.96. The molecule has 0 fully saturated rings. The Morgan fingerprint density at radius 1 is 0.900 bits per heavy atom. The summed E-state index contributed by atoms with van der Waals surface area (Å²) in [6.07, 6.45) is 0.854. The average Bonchev–Trinajstić information content (AvgIpc) is 2.51. The van der Waals surface area contributed by atoms with Gasteiger partial charge in [0.15, 0.2) is 6.29 Å². The SMILES string of the molecule is COc1c(C=O)cc2ccc3cccc4ccc1c2c34. The van der Waals surface area contributed by atoms with Gasteiger partial charge in [0.1, 0.15) is 5.75 Å². The van der Waals surface area contributed by atoms with E-state index in [1.807, 2.05) is 12.1 Å². The molecule has 0 aliphatic rings. The summed E-state index contributed by atoms with van der Waals surface area (Å²) in [5.74, 6) is 0.658. The molecular weight excluding hydrogens is 248 g/mol. The van der Waals surface area contributed by atoms with E-state index in [0.29, 0.717) is 11.3 Å². The highest BCUT2D eigenvalue weighted by molar-refractivity contribution is 6.25. The van der Waals surface area contributed by atoms with E-state index in [2.05, 4.69) is 36.4 Å². The molecule has 0 atom stereocenters. The van der Waals surface area contributed by atoms with Crippen LogP contribution in [0.4, 0.5) is 0 Å². The van der Waals surface area contributed by atoms with Crippen molar-refractivity contribution in [3.63, 3.8) is 0 Å². The zero-order chi connectivity index (χ0) is 13.7. The van der Waals surface area contributed by atoms with Gasteiger partial charge in [-0.05, 0) is 33.7 Å². The van der Waals surface area contributed by atoms with Crippen molar-refractivity contribution in [1.29, 1.82) is 0 Å². The van der Waals surface area contributed by atoms with Gasteiger partial charge in [-0.25, -0.2) is 0 Å². The van der Waals surface area contributed by atoms with Crippen molar-refractivity contribution in [1.82, 2.24) is 0 Å². The summed E-state index contributed by atoms with van der Waals surface area (Å²) in [5, 5.41) is 6.90. The molecule has 4 rings (SSSR count). The lowest BCUT2D eigenvalue weighted by Crippen LogP contribution is -1.94. The van der Waals surface area contributed by atoms with E-state index in [9.17, 15) is 4.79 Å². The molecule has 4 aromatic rings. The number of hydrogen-bond acceptors (Lipinski definition) is 2. The Balaban J connectivity index is 2.37. The number of ether oxygens (including phenoxy) is 1. The molecule has 0 aliphatic heterocycles. The third kappa shape index (κ3) is 1.31. The van der Waals surface area contributed by atoms with E-state index in [4.69, 9.17) is 4.74 Å². The van der Waals surface area contributed by atoms with Crippen LogP contribution in [0.2, 0.25) is 0 Å². The lowest BCUT2D eigenvalue weighted by molar-refractivity contribution is 0.112. The van der Waals surface area contributed by atoms with E-state index in [-0.39, 0.29) is 0 Å². The highest BCUT2D eigenvalue weighted by atomic mass is 16.5. The Morgan fingerprint density at radius 3 is 2.30 bits per heavy atom. The first-order valence-corrected chi connectivity index (χ1v) is 6.53. The maximum Gasteiger partial charge on any atom is 0.153 e. The van der Waals surface area contributed by atoms with Gasteiger partial charge in [-0.15, -0.1) is 0 Å². The maximum atomic E-state index is 11.3. The number of aldehydes is 1. The van der Waals surface area contributed by atoms with Gasteiger partial charge in [0, 0.05) is 10.8 Å². The standard InChI is InChI=1S/C18H12O2/c1-20-18-14(10-19)9-13-6-5-11-3-2-4-12-7-8-15(18)17(13)16(11)12/h2-10H,1H3. The minimum Gasteiger partial charge on any atom is -0.495 e. The monoisotopic (exact) mass is 260 g/mol. The Bertz CT molecular complexity index is 938. The van der Waals surface area contributed by atoms with Crippen LogP contribution < -0.4 is 4.74 Å². The Labute approximate surface area is 115 Å². The van der Waals surface area contributed by atoms with E-state index in [1.54, 1.807) is 7.11 Å². The summed E-state index contributed by atoms with van der Waals surface area (Å²) in [4.78, 5) is 11.3. The van der Waals surface area contributed by atoms with Gasteiger partial charge < -0.3 is 4.74 Å². The fraction of sp³-hybridized carbons (Fsp3) is 0.0556. The normalized spacial score (nSPS) is 11.4. The molecular formula is C18H12O2. The van der Waals surface area contributed by atoms with Gasteiger partial charge >= 0.3 is 0 Å². The lowest BCUT2D eigenvalue weighted by atomic mass is 9.92. The van der Waals surface area contributed by atoms with Crippen molar-refractivity contribution in [2.45, 2.75) is 0 Å². The maximum absolute atomic E-state index is 11.3. The molecule has 0 aromatic heterocycles. The number of hydrogen-bond donors (Lipinski definition) is 0. The quantitative estimate of drug-likeness (QED) is 0.394. The van der Waals surface area contributed by atoms with E-state index >= 15 is 0 Å². The van der Waals surface area contributed by atoms with Gasteiger partial charge in [-0.3, -0.25) is 4.79 Å². The minimum atomic E-state index is 0.596. The van der Waals surface area contributed by atoms with Gasteiger partial charge in [0.25, 0.3) is 0 Å². The molecule has 0 N–H and O–H groups in total. The highest BCUT2D eigenvalue weighted by Gasteiger charge is 2.14. The van der Waals surface area contributed by atoms with Gasteiger partial charge in [-0.1, -0.05) is 36.4 Å². The number of rotatable bonds is 2. The van der Waals surface area contributed by atoms with Crippen LogP contribution in [-0.2, 0) is 0 Å². The summed E-state index contributed by atoms with van der Waals surface area (Å²) in [6.45, 7) is 0. The molecule has 96 valence electrons. The fourth-order valence-electron chi connectivity index (χ4n) is 3.12. The summed E-state index contributed by atoms with van der Waals surface area (Å²) in [7, 11) is 1.61. The summed E-state index contributed by atoms with van der Waals surface area (Å²) < 4.78 is 5.46. The molecule has 0 bridgehead atoms. The lowest BCUT2D eigenvalue weighted by Gasteiger charge is -2.14. The molecule has 0 aliphatic carbocycles.